The number of benzene rings is 1. The summed E-state index contributed by atoms with van der Waals surface area (Å²) in [5.41, 5.74) is 2.70. The van der Waals surface area contributed by atoms with E-state index in [4.69, 9.17) is 14.2 Å². The van der Waals surface area contributed by atoms with Crippen LogP contribution in [0.15, 0.2) is 12.1 Å². The summed E-state index contributed by atoms with van der Waals surface area (Å²) < 4.78 is 17.9. The van der Waals surface area contributed by atoms with Crippen LogP contribution in [0.5, 0.6) is 11.5 Å². The van der Waals surface area contributed by atoms with Crippen LogP contribution < -0.4 is 9.47 Å². The van der Waals surface area contributed by atoms with Crippen LogP contribution in [0, 0.1) is 5.92 Å². The summed E-state index contributed by atoms with van der Waals surface area (Å²) in [6.07, 6.45) is 3.84. The summed E-state index contributed by atoms with van der Waals surface area (Å²) in [5, 5.41) is 0. The van der Waals surface area contributed by atoms with Crippen molar-refractivity contribution < 1.29 is 19.0 Å². The van der Waals surface area contributed by atoms with E-state index in [1.54, 1.807) is 7.11 Å². The Balaban J connectivity index is 1.71. The molecule has 134 valence electrons. The molecule has 2 aliphatic heterocycles. The maximum absolute atomic E-state index is 11.7. The number of carbonyl (C=O) groups is 1. The van der Waals surface area contributed by atoms with E-state index in [9.17, 15) is 4.79 Å². The third kappa shape index (κ3) is 1.85. The number of rotatable bonds is 2. The Labute approximate surface area is 148 Å². The summed E-state index contributed by atoms with van der Waals surface area (Å²) in [5.74, 6) is 2.05. The number of piperidine rings is 1. The van der Waals surface area contributed by atoms with Gasteiger partial charge in [0, 0.05) is 23.9 Å². The Morgan fingerprint density at radius 2 is 2.20 bits per heavy atom. The average Bonchev–Trinajstić information content (AvgIpc) is 2.94. The lowest BCUT2D eigenvalue weighted by atomic mass is 9.51. The summed E-state index contributed by atoms with van der Waals surface area (Å²) in [6.45, 7) is 2.56. The summed E-state index contributed by atoms with van der Waals surface area (Å²) in [6, 6.07) is 4.78. The van der Waals surface area contributed by atoms with Crippen LogP contribution >= 0.6 is 0 Å². The second-order valence-electron chi connectivity index (χ2n) is 8.04. The van der Waals surface area contributed by atoms with E-state index >= 15 is 0 Å². The molecule has 1 saturated heterocycles. The zero-order chi connectivity index (χ0) is 17.3. The highest BCUT2D eigenvalue weighted by Crippen LogP contribution is 2.64. The number of carbonyl (C=O) groups excluding carboxylic acids is 1. The van der Waals surface area contributed by atoms with Gasteiger partial charge in [-0.3, -0.25) is 4.79 Å². The standard InChI is InChI=1S/C20H25NO4/c1-11(22)24-16-7-5-13-14-10-12-4-6-15(23-3)18-17(12)20(13,19(16)25-18)8-9-21(14)2/h4,6,13-14,16,19H,5,7-10H2,1-3H3/t13-,14+,16?,19?,20-/m1/s1. The maximum atomic E-state index is 11.7. The van der Waals surface area contributed by atoms with Gasteiger partial charge in [-0.2, -0.15) is 0 Å². The maximum Gasteiger partial charge on any atom is 0.303 e. The van der Waals surface area contributed by atoms with Gasteiger partial charge in [0.25, 0.3) is 0 Å². The van der Waals surface area contributed by atoms with Gasteiger partial charge in [-0.25, -0.2) is 0 Å². The van der Waals surface area contributed by atoms with Crippen LogP contribution in [0.4, 0.5) is 0 Å². The van der Waals surface area contributed by atoms with Gasteiger partial charge in [-0.05, 0) is 56.8 Å². The number of hydrogen-bond acceptors (Lipinski definition) is 5. The molecule has 4 aliphatic rings. The monoisotopic (exact) mass is 343 g/mol. The molecule has 0 amide bonds. The molecule has 1 aromatic rings. The molecule has 0 N–H and O–H groups in total. The Bertz CT molecular complexity index is 747. The number of likely N-dealkylation sites (tertiary alicyclic amines) is 1. The Kier molecular flexibility index (Phi) is 3.18. The number of likely N-dealkylation sites (N-methyl/N-ethyl adjacent to an activating group) is 1. The number of methoxy groups -OCH3 is 1. The Hall–Kier alpha value is -1.75. The molecule has 1 spiro atoms. The van der Waals surface area contributed by atoms with Crippen LogP contribution in [-0.4, -0.2) is 49.8 Å². The van der Waals surface area contributed by atoms with Gasteiger partial charge in [0.15, 0.2) is 11.5 Å². The lowest BCUT2D eigenvalue weighted by Crippen LogP contribution is -2.66. The summed E-state index contributed by atoms with van der Waals surface area (Å²) >= 11 is 0. The SMILES string of the molecule is COc1ccc2c3c1OC1C(OC(C)=O)CC[C@@H]4[C@H](C2)N(C)CC[C@@]314. The van der Waals surface area contributed by atoms with Gasteiger partial charge in [-0.15, -0.1) is 0 Å². The molecule has 5 heteroatoms. The highest BCUT2D eigenvalue weighted by atomic mass is 16.6. The fourth-order valence-electron chi connectivity index (χ4n) is 6.17. The molecule has 5 rings (SSSR count). The summed E-state index contributed by atoms with van der Waals surface area (Å²) in [7, 11) is 3.94. The van der Waals surface area contributed by atoms with E-state index in [1.807, 2.05) is 6.07 Å². The van der Waals surface area contributed by atoms with Gasteiger partial charge < -0.3 is 19.1 Å². The first-order valence-electron chi connectivity index (χ1n) is 9.30. The first kappa shape index (κ1) is 15.5. The van der Waals surface area contributed by atoms with Crippen LogP contribution in [0.1, 0.15) is 37.3 Å². The van der Waals surface area contributed by atoms with Crippen molar-refractivity contribution in [3.05, 3.63) is 23.3 Å². The van der Waals surface area contributed by atoms with Gasteiger partial charge >= 0.3 is 5.97 Å². The van der Waals surface area contributed by atoms with Crippen molar-refractivity contribution in [2.75, 3.05) is 20.7 Å². The molecule has 1 aromatic carbocycles. The third-order valence-corrected chi connectivity index (χ3v) is 7.06. The predicted octanol–water partition coefficient (Wildman–Crippen LogP) is 2.30. The lowest BCUT2D eigenvalue weighted by Gasteiger charge is -2.58. The van der Waals surface area contributed by atoms with E-state index in [-0.39, 0.29) is 23.6 Å². The third-order valence-electron chi connectivity index (χ3n) is 7.06. The average molecular weight is 343 g/mol. The fraction of sp³-hybridized carbons (Fsp3) is 0.650. The Morgan fingerprint density at radius 1 is 1.36 bits per heavy atom. The Morgan fingerprint density at radius 3 is 2.96 bits per heavy atom. The first-order valence-corrected chi connectivity index (χ1v) is 9.30. The largest absolute Gasteiger partial charge is 0.493 e. The van der Waals surface area contributed by atoms with Crippen LogP contribution in [0.2, 0.25) is 0 Å². The highest BCUT2D eigenvalue weighted by Gasteiger charge is 2.66. The number of ether oxygens (including phenoxy) is 3. The van der Waals surface area contributed by atoms with Crippen molar-refractivity contribution in [2.45, 2.75) is 56.3 Å². The zero-order valence-electron chi connectivity index (χ0n) is 15.1. The van der Waals surface area contributed by atoms with E-state index < -0.39 is 0 Å². The smallest absolute Gasteiger partial charge is 0.303 e. The molecule has 2 unspecified atom stereocenters. The van der Waals surface area contributed by atoms with Crippen molar-refractivity contribution in [1.29, 1.82) is 0 Å². The molecule has 5 nitrogen and oxygen atoms in total. The van der Waals surface area contributed by atoms with Crippen molar-refractivity contribution in [2.24, 2.45) is 5.92 Å². The van der Waals surface area contributed by atoms with E-state index in [2.05, 4.69) is 18.0 Å². The molecule has 2 bridgehead atoms. The van der Waals surface area contributed by atoms with E-state index in [0.29, 0.717) is 12.0 Å². The molecule has 25 heavy (non-hydrogen) atoms. The molecule has 1 saturated carbocycles. The molecule has 2 fully saturated rings. The van der Waals surface area contributed by atoms with Crippen molar-refractivity contribution in [3.63, 3.8) is 0 Å². The van der Waals surface area contributed by atoms with Crippen LogP contribution in [0.3, 0.4) is 0 Å². The van der Waals surface area contributed by atoms with Crippen LogP contribution in [-0.2, 0) is 21.4 Å². The van der Waals surface area contributed by atoms with Crippen LogP contribution in [0.25, 0.3) is 0 Å². The van der Waals surface area contributed by atoms with Gasteiger partial charge in [0.1, 0.15) is 12.2 Å². The van der Waals surface area contributed by atoms with E-state index in [0.717, 1.165) is 43.7 Å². The molecule has 5 atom stereocenters. The molecular formula is C20H25NO4. The molecular weight excluding hydrogens is 318 g/mol. The van der Waals surface area contributed by atoms with Gasteiger partial charge in [0.2, 0.25) is 0 Å². The van der Waals surface area contributed by atoms with E-state index in [1.165, 1.54) is 18.1 Å². The van der Waals surface area contributed by atoms with Gasteiger partial charge in [-0.1, -0.05) is 6.07 Å². The number of hydrogen-bond donors (Lipinski definition) is 0. The second-order valence-corrected chi connectivity index (χ2v) is 8.04. The van der Waals surface area contributed by atoms with Crippen molar-refractivity contribution in [3.8, 4) is 11.5 Å². The number of nitrogens with zero attached hydrogens (tertiary/aromatic N) is 1. The van der Waals surface area contributed by atoms with Crippen molar-refractivity contribution >= 4 is 5.97 Å². The minimum Gasteiger partial charge on any atom is -0.493 e. The minimum atomic E-state index is -0.216. The molecule has 0 aromatic heterocycles. The first-order chi connectivity index (χ1) is 12.1. The normalized spacial score (nSPS) is 37.9. The fourth-order valence-corrected chi connectivity index (χ4v) is 6.17. The van der Waals surface area contributed by atoms with Crippen molar-refractivity contribution in [1.82, 2.24) is 4.90 Å². The lowest BCUT2D eigenvalue weighted by molar-refractivity contribution is -0.163. The second kappa shape index (κ2) is 5.13. The number of esters is 1. The molecule has 2 heterocycles. The van der Waals surface area contributed by atoms with Gasteiger partial charge in [0.05, 0.1) is 7.11 Å². The molecule has 2 aliphatic carbocycles. The predicted molar refractivity (Wildman–Crippen MR) is 92.1 cm³/mol. The minimum absolute atomic E-state index is 0.0347. The zero-order valence-corrected chi connectivity index (χ0v) is 15.1. The molecule has 0 radical (unpaired) electrons. The quantitative estimate of drug-likeness (QED) is 0.771. The topological polar surface area (TPSA) is 48.0 Å². The highest BCUT2D eigenvalue weighted by molar-refractivity contribution is 5.67. The summed E-state index contributed by atoms with van der Waals surface area (Å²) in [4.78, 5) is 14.2.